The molecule has 4 heteroatoms. The number of hydrogen-bond donors (Lipinski definition) is 1. The van der Waals surface area contributed by atoms with Gasteiger partial charge in [-0.2, -0.15) is 0 Å². The molecule has 1 atom stereocenters. The van der Waals surface area contributed by atoms with E-state index in [-0.39, 0.29) is 11.8 Å². The quantitative estimate of drug-likeness (QED) is 0.290. The van der Waals surface area contributed by atoms with Crippen LogP contribution in [0.5, 0.6) is 0 Å². The summed E-state index contributed by atoms with van der Waals surface area (Å²) in [4.78, 5) is 29.0. The fraction of sp³-hybridized carbons (Fsp3) is 0.250. The Balaban J connectivity index is 1.61. The van der Waals surface area contributed by atoms with E-state index in [9.17, 15) is 9.59 Å². The Morgan fingerprint density at radius 2 is 1.42 bits per heavy atom. The van der Waals surface area contributed by atoms with E-state index in [4.69, 9.17) is 0 Å². The van der Waals surface area contributed by atoms with Gasteiger partial charge in [-0.25, -0.2) is 0 Å². The van der Waals surface area contributed by atoms with E-state index >= 15 is 0 Å². The van der Waals surface area contributed by atoms with Crippen LogP contribution in [0.4, 0.5) is 0 Å². The molecule has 0 saturated carbocycles. The molecule has 0 unspecified atom stereocenters. The second-order valence-corrected chi connectivity index (χ2v) is 9.14. The van der Waals surface area contributed by atoms with Crippen molar-refractivity contribution in [1.29, 1.82) is 0 Å². The largest absolute Gasteiger partial charge is 0.354 e. The highest BCUT2D eigenvalue weighted by atomic mass is 16.2. The first kappa shape index (κ1) is 25.2. The molecular weight excluding hydrogens is 444 g/mol. The topological polar surface area (TPSA) is 49.4 Å². The van der Waals surface area contributed by atoms with Crippen LogP contribution in [0.2, 0.25) is 0 Å². The van der Waals surface area contributed by atoms with E-state index < -0.39 is 6.04 Å². The van der Waals surface area contributed by atoms with Crippen LogP contribution in [-0.4, -0.2) is 29.3 Å². The number of carbonyl (C=O) groups is 2. The smallest absolute Gasteiger partial charge is 0.243 e. The van der Waals surface area contributed by atoms with Crippen molar-refractivity contribution < 1.29 is 9.59 Å². The molecule has 0 fully saturated rings. The van der Waals surface area contributed by atoms with Crippen LogP contribution in [0.1, 0.15) is 36.5 Å². The number of carbonyl (C=O) groups excluding carboxylic acids is 2. The first-order valence-corrected chi connectivity index (χ1v) is 12.8. The molecule has 36 heavy (non-hydrogen) atoms. The Hall–Kier alpha value is -3.92. The molecule has 0 aromatic heterocycles. The molecule has 0 radical (unpaired) electrons. The molecule has 0 bridgehead atoms. The molecule has 0 heterocycles. The van der Waals surface area contributed by atoms with Gasteiger partial charge in [0.25, 0.3) is 0 Å². The van der Waals surface area contributed by atoms with Gasteiger partial charge < -0.3 is 10.2 Å². The minimum absolute atomic E-state index is 0.0145. The maximum Gasteiger partial charge on any atom is 0.243 e. The average Bonchev–Trinajstić information content (AvgIpc) is 2.93. The minimum atomic E-state index is -0.584. The zero-order valence-electron chi connectivity index (χ0n) is 20.9. The Kier molecular flexibility index (Phi) is 8.87. The Bertz CT molecular complexity index is 1270. The molecule has 1 N–H and O–H groups in total. The molecule has 4 aromatic rings. The first-order chi connectivity index (χ1) is 17.7. The second kappa shape index (κ2) is 12.7. The third-order valence-corrected chi connectivity index (χ3v) is 6.50. The Labute approximate surface area is 214 Å². The summed E-state index contributed by atoms with van der Waals surface area (Å²) in [5.41, 5.74) is 3.20. The summed E-state index contributed by atoms with van der Waals surface area (Å²) in [6.07, 6.45) is 2.29. The van der Waals surface area contributed by atoms with Gasteiger partial charge in [0.2, 0.25) is 11.8 Å². The van der Waals surface area contributed by atoms with Crippen molar-refractivity contribution in [2.75, 3.05) is 6.54 Å². The third kappa shape index (κ3) is 6.60. The van der Waals surface area contributed by atoms with Gasteiger partial charge in [0, 0.05) is 25.9 Å². The summed E-state index contributed by atoms with van der Waals surface area (Å²) >= 11 is 0. The van der Waals surface area contributed by atoms with Crippen LogP contribution in [0.15, 0.2) is 103 Å². The maximum absolute atomic E-state index is 13.8. The lowest BCUT2D eigenvalue weighted by Gasteiger charge is -2.31. The monoisotopic (exact) mass is 478 g/mol. The summed E-state index contributed by atoms with van der Waals surface area (Å²) in [5.74, 6) is -0.116. The highest BCUT2D eigenvalue weighted by molar-refractivity contribution is 5.89. The number of benzene rings is 4. The summed E-state index contributed by atoms with van der Waals surface area (Å²) in [6.45, 7) is 3.02. The van der Waals surface area contributed by atoms with E-state index in [1.54, 1.807) is 4.90 Å². The van der Waals surface area contributed by atoms with E-state index in [1.165, 1.54) is 10.8 Å². The van der Waals surface area contributed by atoms with E-state index in [2.05, 4.69) is 29.6 Å². The number of aryl methyl sites for hydroxylation is 1. The highest BCUT2D eigenvalue weighted by Crippen LogP contribution is 2.21. The molecule has 0 aliphatic rings. The van der Waals surface area contributed by atoms with E-state index in [0.717, 1.165) is 23.1 Å². The average molecular weight is 479 g/mol. The lowest BCUT2D eigenvalue weighted by molar-refractivity contribution is -0.141. The molecular formula is C32H34N2O2. The van der Waals surface area contributed by atoms with Gasteiger partial charge in [0.1, 0.15) is 6.04 Å². The van der Waals surface area contributed by atoms with Gasteiger partial charge in [-0.15, -0.1) is 0 Å². The van der Waals surface area contributed by atoms with Gasteiger partial charge in [0.05, 0.1) is 0 Å². The molecule has 0 saturated heterocycles. The zero-order valence-corrected chi connectivity index (χ0v) is 20.9. The minimum Gasteiger partial charge on any atom is -0.354 e. The predicted octanol–water partition coefficient (Wildman–Crippen LogP) is 5.94. The van der Waals surface area contributed by atoms with Gasteiger partial charge >= 0.3 is 0 Å². The summed E-state index contributed by atoms with van der Waals surface area (Å²) < 4.78 is 0. The van der Waals surface area contributed by atoms with Crippen molar-refractivity contribution in [1.82, 2.24) is 10.2 Å². The van der Waals surface area contributed by atoms with Gasteiger partial charge in [-0.3, -0.25) is 9.59 Å². The zero-order chi connectivity index (χ0) is 25.2. The molecule has 0 aliphatic carbocycles. The molecule has 0 spiro atoms. The third-order valence-electron chi connectivity index (χ3n) is 6.50. The fourth-order valence-electron chi connectivity index (χ4n) is 4.60. The summed E-state index contributed by atoms with van der Waals surface area (Å²) in [7, 11) is 0. The number of fused-ring (bicyclic) bond motifs is 1. The number of rotatable bonds is 11. The fourth-order valence-corrected chi connectivity index (χ4v) is 4.60. The van der Waals surface area contributed by atoms with Crippen LogP contribution in [0.3, 0.4) is 0 Å². The van der Waals surface area contributed by atoms with Gasteiger partial charge in [-0.1, -0.05) is 110 Å². The Morgan fingerprint density at radius 3 is 2.14 bits per heavy atom. The summed E-state index contributed by atoms with van der Waals surface area (Å²) in [6, 6.07) is 33.8. The molecule has 2 amide bonds. The molecule has 4 rings (SSSR count). The van der Waals surface area contributed by atoms with Crippen LogP contribution in [0.25, 0.3) is 10.8 Å². The van der Waals surface area contributed by atoms with Crippen molar-refractivity contribution in [3.05, 3.63) is 120 Å². The van der Waals surface area contributed by atoms with E-state index in [1.807, 2.05) is 85.8 Å². The number of hydrogen-bond acceptors (Lipinski definition) is 2. The highest BCUT2D eigenvalue weighted by Gasteiger charge is 2.30. The second-order valence-electron chi connectivity index (χ2n) is 9.14. The number of amides is 2. The van der Waals surface area contributed by atoms with Crippen molar-refractivity contribution >= 4 is 22.6 Å². The van der Waals surface area contributed by atoms with Crippen molar-refractivity contribution in [2.45, 2.75) is 45.2 Å². The molecule has 184 valence electrons. The normalized spacial score (nSPS) is 11.7. The van der Waals surface area contributed by atoms with Crippen LogP contribution < -0.4 is 5.32 Å². The lowest BCUT2D eigenvalue weighted by Crippen LogP contribution is -2.50. The number of nitrogens with one attached hydrogen (secondary N) is 1. The van der Waals surface area contributed by atoms with Crippen molar-refractivity contribution in [2.24, 2.45) is 0 Å². The van der Waals surface area contributed by atoms with Gasteiger partial charge in [-0.05, 0) is 40.3 Å². The maximum atomic E-state index is 13.8. The molecule has 4 aromatic carbocycles. The molecule has 4 nitrogen and oxygen atoms in total. The van der Waals surface area contributed by atoms with E-state index in [0.29, 0.717) is 32.4 Å². The predicted molar refractivity (Wildman–Crippen MR) is 146 cm³/mol. The standard InChI is InChI=1S/C32H34N2O2/c1-2-22-33-32(36)30(23-25-12-5-3-6-13-25)34(24-26-14-7-4-8-15-26)31(35)21-20-28-18-11-17-27-16-9-10-19-29(27)28/h3-19,30H,2,20-24H2,1H3,(H,33,36)/t30-/m0/s1. The first-order valence-electron chi connectivity index (χ1n) is 12.8. The van der Waals surface area contributed by atoms with Crippen molar-refractivity contribution in [3.8, 4) is 0 Å². The number of nitrogens with zero attached hydrogens (tertiary/aromatic N) is 1. The SMILES string of the molecule is CCCNC(=O)[C@H](Cc1ccccc1)N(Cc1ccccc1)C(=O)CCc1cccc2ccccc12. The van der Waals surface area contributed by atoms with Crippen LogP contribution in [0, 0.1) is 0 Å². The molecule has 0 aliphatic heterocycles. The summed E-state index contributed by atoms with van der Waals surface area (Å²) in [5, 5.41) is 5.38. The lowest BCUT2D eigenvalue weighted by atomic mass is 9.99. The van der Waals surface area contributed by atoms with Crippen molar-refractivity contribution in [3.63, 3.8) is 0 Å². The Morgan fingerprint density at radius 1 is 0.778 bits per heavy atom. The van der Waals surface area contributed by atoms with Crippen LogP contribution in [-0.2, 0) is 29.0 Å². The van der Waals surface area contributed by atoms with Crippen LogP contribution >= 0.6 is 0 Å². The van der Waals surface area contributed by atoms with Gasteiger partial charge in [0.15, 0.2) is 0 Å².